The summed E-state index contributed by atoms with van der Waals surface area (Å²) in [5, 5.41) is 7.29. The number of aryl methyl sites for hydroxylation is 1. The van der Waals surface area contributed by atoms with Crippen LogP contribution in [0.3, 0.4) is 0 Å². The fourth-order valence-corrected chi connectivity index (χ4v) is 4.39. The Labute approximate surface area is 189 Å². The zero-order valence-electron chi connectivity index (χ0n) is 17.1. The van der Waals surface area contributed by atoms with Crippen molar-refractivity contribution in [2.24, 2.45) is 5.92 Å². The summed E-state index contributed by atoms with van der Waals surface area (Å²) in [7, 11) is 0. The minimum absolute atomic E-state index is 0.0770. The van der Waals surface area contributed by atoms with Crippen molar-refractivity contribution < 1.29 is 14.3 Å². The first-order chi connectivity index (χ1) is 14.9. The molecule has 1 heterocycles. The van der Waals surface area contributed by atoms with Crippen LogP contribution in [0.2, 0.25) is 5.02 Å². The molecule has 1 saturated carbocycles. The Morgan fingerprint density at radius 1 is 1.13 bits per heavy atom. The number of ether oxygens (including phenoxy) is 1. The molecule has 4 rings (SSSR count). The van der Waals surface area contributed by atoms with Crippen LogP contribution >= 0.6 is 22.9 Å². The Balaban J connectivity index is 1.51. The van der Waals surface area contributed by atoms with Crippen LogP contribution in [0.25, 0.3) is 11.3 Å². The third kappa shape index (κ3) is 5.06. The molecule has 160 valence electrons. The van der Waals surface area contributed by atoms with Gasteiger partial charge in [0, 0.05) is 16.5 Å². The maximum absolute atomic E-state index is 12.8. The average Bonchev–Trinajstić information content (AvgIpc) is 3.45. The predicted molar refractivity (Wildman–Crippen MR) is 124 cm³/mol. The van der Waals surface area contributed by atoms with Crippen LogP contribution in [-0.4, -0.2) is 23.6 Å². The number of halogens is 1. The van der Waals surface area contributed by atoms with Crippen LogP contribution in [0.1, 0.15) is 30.4 Å². The van der Waals surface area contributed by atoms with Gasteiger partial charge in [-0.15, -0.1) is 0 Å². The zero-order valence-corrected chi connectivity index (χ0v) is 18.7. The molecule has 2 amide bonds. The fraction of sp³-hybridized carbons (Fsp3) is 0.261. The largest absolute Gasteiger partial charge is 0.450 e. The lowest BCUT2D eigenvalue weighted by molar-refractivity contribution is -0.117. The topological polar surface area (TPSA) is 80.3 Å². The van der Waals surface area contributed by atoms with Crippen LogP contribution in [0.4, 0.5) is 14.9 Å². The smallest absolute Gasteiger partial charge is 0.412 e. The van der Waals surface area contributed by atoms with E-state index in [1.54, 1.807) is 6.92 Å². The molecule has 1 aliphatic rings. The molecule has 2 N–H and O–H groups in total. The van der Waals surface area contributed by atoms with Gasteiger partial charge in [-0.25, -0.2) is 9.78 Å². The van der Waals surface area contributed by atoms with E-state index in [0.29, 0.717) is 20.8 Å². The molecule has 0 bridgehead atoms. The quantitative estimate of drug-likeness (QED) is 0.471. The van der Waals surface area contributed by atoms with E-state index in [1.165, 1.54) is 11.3 Å². The van der Waals surface area contributed by atoms with Gasteiger partial charge in [-0.05, 0) is 43.9 Å². The lowest BCUT2D eigenvalue weighted by Gasteiger charge is -2.05. The van der Waals surface area contributed by atoms with E-state index in [-0.39, 0.29) is 24.3 Å². The monoisotopic (exact) mass is 455 g/mol. The van der Waals surface area contributed by atoms with Crippen molar-refractivity contribution in [2.75, 3.05) is 17.2 Å². The summed E-state index contributed by atoms with van der Waals surface area (Å²) < 4.78 is 5.00. The molecule has 6 nitrogen and oxygen atoms in total. The minimum Gasteiger partial charge on any atom is -0.450 e. The molecule has 2 unspecified atom stereocenters. The first-order valence-corrected chi connectivity index (χ1v) is 11.2. The Morgan fingerprint density at radius 3 is 2.52 bits per heavy atom. The standard InChI is InChI=1S/C23H22ClN3O3S/c1-3-30-23(29)27-21-19(15-6-4-13(2)5-7-15)25-22(31-21)26-20(28)18-12-17(18)14-8-10-16(24)11-9-14/h4-11,17-18H,3,12H2,1-2H3,(H,27,29)(H,25,26,28). The van der Waals surface area contributed by atoms with Crippen LogP contribution in [-0.2, 0) is 9.53 Å². The van der Waals surface area contributed by atoms with Crippen LogP contribution in [0.5, 0.6) is 0 Å². The van der Waals surface area contributed by atoms with Gasteiger partial charge in [0.25, 0.3) is 0 Å². The lowest BCUT2D eigenvalue weighted by atomic mass is 10.1. The summed E-state index contributed by atoms with van der Waals surface area (Å²) >= 11 is 7.16. The summed E-state index contributed by atoms with van der Waals surface area (Å²) in [6, 6.07) is 15.4. The van der Waals surface area contributed by atoms with E-state index >= 15 is 0 Å². The van der Waals surface area contributed by atoms with E-state index in [0.717, 1.165) is 23.1 Å². The van der Waals surface area contributed by atoms with Gasteiger partial charge in [0.2, 0.25) is 5.91 Å². The molecule has 0 radical (unpaired) electrons. The number of anilines is 2. The van der Waals surface area contributed by atoms with Gasteiger partial charge in [0.1, 0.15) is 10.7 Å². The van der Waals surface area contributed by atoms with E-state index in [2.05, 4.69) is 15.6 Å². The van der Waals surface area contributed by atoms with Crippen molar-refractivity contribution in [2.45, 2.75) is 26.2 Å². The van der Waals surface area contributed by atoms with Gasteiger partial charge >= 0.3 is 6.09 Å². The van der Waals surface area contributed by atoms with Crippen molar-refractivity contribution in [3.05, 3.63) is 64.7 Å². The Kier molecular flexibility index (Phi) is 6.25. The van der Waals surface area contributed by atoms with Crippen LogP contribution < -0.4 is 10.6 Å². The number of nitrogens with one attached hydrogen (secondary N) is 2. The number of aromatic nitrogens is 1. The molecule has 2 aromatic carbocycles. The minimum atomic E-state index is -0.553. The summed E-state index contributed by atoms with van der Waals surface area (Å²) in [4.78, 5) is 29.3. The third-order valence-electron chi connectivity index (χ3n) is 5.10. The molecule has 8 heteroatoms. The Morgan fingerprint density at radius 2 is 1.84 bits per heavy atom. The SMILES string of the molecule is CCOC(=O)Nc1sc(NC(=O)C2CC2c2ccc(Cl)cc2)nc1-c1ccc(C)cc1. The summed E-state index contributed by atoms with van der Waals surface area (Å²) in [5.41, 5.74) is 3.67. The van der Waals surface area contributed by atoms with E-state index in [9.17, 15) is 9.59 Å². The van der Waals surface area contributed by atoms with E-state index in [1.807, 2.05) is 55.5 Å². The molecule has 1 aliphatic carbocycles. The third-order valence-corrected chi connectivity index (χ3v) is 6.24. The second kappa shape index (κ2) is 9.08. The molecule has 1 fully saturated rings. The Hall–Kier alpha value is -2.90. The number of benzene rings is 2. The fourth-order valence-electron chi connectivity index (χ4n) is 3.39. The number of carbonyl (C=O) groups is 2. The second-order valence-corrected chi connectivity index (χ2v) is 8.83. The van der Waals surface area contributed by atoms with Crippen molar-refractivity contribution in [1.29, 1.82) is 0 Å². The van der Waals surface area contributed by atoms with Crippen molar-refractivity contribution >= 4 is 45.1 Å². The summed E-state index contributed by atoms with van der Waals surface area (Å²) in [5.74, 6) is 0.00660. The molecule has 0 saturated heterocycles. The molecule has 0 spiro atoms. The van der Waals surface area contributed by atoms with E-state index in [4.69, 9.17) is 16.3 Å². The summed E-state index contributed by atoms with van der Waals surface area (Å²) in [6.45, 7) is 4.01. The van der Waals surface area contributed by atoms with Gasteiger partial charge in [-0.2, -0.15) is 0 Å². The van der Waals surface area contributed by atoms with Crippen molar-refractivity contribution in [3.8, 4) is 11.3 Å². The molecule has 3 aromatic rings. The van der Waals surface area contributed by atoms with Gasteiger partial charge in [0.05, 0.1) is 6.61 Å². The van der Waals surface area contributed by atoms with Crippen molar-refractivity contribution in [1.82, 2.24) is 4.98 Å². The molecular weight excluding hydrogens is 434 g/mol. The Bertz CT molecular complexity index is 1100. The number of rotatable bonds is 6. The van der Waals surface area contributed by atoms with Crippen LogP contribution in [0.15, 0.2) is 48.5 Å². The first-order valence-electron chi connectivity index (χ1n) is 10.0. The lowest BCUT2D eigenvalue weighted by Crippen LogP contribution is -2.14. The maximum atomic E-state index is 12.8. The predicted octanol–water partition coefficient (Wildman–Crippen LogP) is 6.08. The number of nitrogens with zero attached hydrogens (tertiary/aromatic N) is 1. The highest BCUT2D eigenvalue weighted by atomic mass is 35.5. The van der Waals surface area contributed by atoms with E-state index < -0.39 is 6.09 Å². The number of thiazole rings is 1. The highest BCUT2D eigenvalue weighted by Gasteiger charge is 2.44. The number of hydrogen-bond acceptors (Lipinski definition) is 5. The number of amides is 2. The molecule has 1 aromatic heterocycles. The number of carbonyl (C=O) groups excluding carboxylic acids is 2. The zero-order chi connectivity index (χ0) is 22.0. The molecule has 31 heavy (non-hydrogen) atoms. The van der Waals surface area contributed by atoms with Gasteiger partial charge < -0.3 is 10.1 Å². The molecule has 2 atom stereocenters. The van der Waals surface area contributed by atoms with Gasteiger partial charge in [-0.3, -0.25) is 10.1 Å². The average molecular weight is 456 g/mol. The van der Waals surface area contributed by atoms with Crippen molar-refractivity contribution in [3.63, 3.8) is 0 Å². The highest BCUT2D eigenvalue weighted by Crippen LogP contribution is 2.48. The highest BCUT2D eigenvalue weighted by molar-refractivity contribution is 7.20. The molecule has 0 aliphatic heterocycles. The number of hydrogen-bond donors (Lipinski definition) is 2. The second-order valence-electron chi connectivity index (χ2n) is 7.40. The van der Waals surface area contributed by atoms with Gasteiger partial charge in [-0.1, -0.05) is 64.9 Å². The van der Waals surface area contributed by atoms with Crippen LogP contribution in [0, 0.1) is 12.8 Å². The first kappa shape index (κ1) is 21.3. The summed E-state index contributed by atoms with van der Waals surface area (Å²) in [6.07, 6.45) is 0.236. The normalized spacial score (nSPS) is 17.1. The maximum Gasteiger partial charge on any atom is 0.412 e. The molecular formula is C23H22ClN3O3S. The van der Waals surface area contributed by atoms with Gasteiger partial charge in [0.15, 0.2) is 5.13 Å².